The van der Waals surface area contributed by atoms with Crippen LogP contribution in [0, 0.1) is 11.8 Å². The van der Waals surface area contributed by atoms with Crippen LogP contribution < -0.4 is 10.1 Å². The molecule has 1 heterocycles. The van der Waals surface area contributed by atoms with Crippen LogP contribution in [0.1, 0.15) is 63.7 Å². The predicted molar refractivity (Wildman–Crippen MR) is 106 cm³/mol. The molecule has 4 atom stereocenters. The molecule has 2 aliphatic rings. The first-order chi connectivity index (χ1) is 13.2. The molecule has 1 aliphatic carbocycles. The van der Waals surface area contributed by atoms with E-state index in [0.717, 1.165) is 44.6 Å². The Bertz CT molecular complexity index is 563. The lowest BCUT2D eigenvalue weighted by molar-refractivity contribution is -0.152. The first kappa shape index (κ1) is 20.6. The van der Waals surface area contributed by atoms with Gasteiger partial charge in [0, 0.05) is 18.7 Å². The molecule has 0 aromatic heterocycles. The summed E-state index contributed by atoms with van der Waals surface area (Å²) in [4.78, 5) is 0. The van der Waals surface area contributed by atoms with Crippen LogP contribution in [0.2, 0.25) is 0 Å². The van der Waals surface area contributed by atoms with Gasteiger partial charge < -0.3 is 25.0 Å². The molecule has 5 nitrogen and oxygen atoms in total. The van der Waals surface area contributed by atoms with Crippen molar-refractivity contribution in [1.29, 1.82) is 0 Å². The molecule has 0 amide bonds. The number of benzene rings is 1. The number of nitrogens with one attached hydrogen (secondary N) is 1. The van der Waals surface area contributed by atoms with Crippen molar-refractivity contribution in [2.45, 2.75) is 70.4 Å². The maximum absolute atomic E-state index is 10.6. The molecule has 3 unspecified atom stereocenters. The van der Waals surface area contributed by atoms with Crippen molar-refractivity contribution < 1.29 is 19.7 Å². The third-order valence-corrected chi connectivity index (χ3v) is 5.73. The van der Waals surface area contributed by atoms with E-state index in [2.05, 4.69) is 12.2 Å². The molecule has 1 saturated carbocycles. The molecule has 0 radical (unpaired) electrons. The molecule has 152 valence electrons. The van der Waals surface area contributed by atoms with Crippen molar-refractivity contribution in [3.63, 3.8) is 0 Å². The average molecular weight is 378 g/mol. The molecule has 3 N–H and O–H groups in total. The quantitative estimate of drug-likeness (QED) is 0.516. The van der Waals surface area contributed by atoms with Gasteiger partial charge in [-0.2, -0.15) is 0 Å². The van der Waals surface area contributed by atoms with Gasteiger partial charge >= 0.3 is 0 Å². The Balaban J connectivity index is 1.52. The van der Waals surface area contributed by atoms with E-state index in [1.807, 2.05) is 24.3 Å². The minimum atomic E-state index is -1.01. The van der Waals surface area contributed by atoms with Crippen molar-refractivity contribution in [2.24, 2.45) is 11.8 Å². The SMILES string of the molecule is CCCCC(O)[C@H]1CNCC(OC(O)c2ccccc2OCCC2CC2)C1. The molecule has 5 heteroatoms. The van der Waals surface area contributed by atoms with Crippen molar-refractivity contribution in [2.75, 3.05) is 19.7 Å². The van der Waals surface area contributed by atoms with Crippen LogP contribution in [0.15, 0.2) is 24.3 Å². The summed E-state index contributed by atoms with van der Waals surface area (Å²) in [5.74, 6) is 1.70. The van der Waals surface area contributed by atoms with Gasteiger partial charge in [0.05, 0.1) is 18.8 Å². The van der Waals surface area contributed by atoms with E-state index in [9.17, 15) is 10.2 Å². The number of para-hydroxylation sites is 1. The molecule has 0 spiro atoms. The van der Waals surface area contributed by atoms with E-state index in [1.165, 1.54) is 12.8 Å². The van der Waals surface area contributed by atoms with Gasteiger partial charge in [-0.1, -0.05) is 50.8 Å². The molecule has 3 rings (SSSR count). The van der Waals surface area contributed by atoms with E-state index in [-0.39, 0.29) is 18.1 Å². The molecule has 1 aromatic rings. The first-order valence-electron chi connectivity index (χ1n) is 10.6. The highest BCUT2D eigenvalue weighted by Crippen LogP contribution is 2.33. The summed E-state index contributed by atoms with van der Waals surface area (Å²) in [6, 6.07) is 7.57. The zero-order valence-corrected chi connectivity index (χ0v) is 16.5. The predicted octanol–water partition coefficient (Wildman–Crippen LogP) is 3.40. The van der Waals surface area contributed by atoms with E-state index in [0.29, 0.717) is 24.5 Å². The van der Waals surface area contributed by atoms with Crippen molar-refractivity contribution in [3.8, 4) is 5.75 Å². The van der Waals surface area contributed by atoms with Gasteiger partial charge in [0.25, 0.3) is 0 Å². The van der Waals surface area contributed by atoms with Crippen LogP contribution in [-0.4, -0.2) is 42.1 Å². The molecule has 27 heavy (non-hydrogen) atoms. The van der Waals surface area contributed by atoms with Gasteiger partial charge in [0.15, 0.2) is 6.29 Å². The number of rotatable bonds is 11. The van der Waals surface area contributed by atoms with Gasteiger partial charge in [-0.3, -0.25) is 0 Å². The molecule has 1 aliphatic heterocycles. The summed E-state index contributed by atoms with van der Waals surface area (Å²) in [7, 11) is 0. The molecule has 2 fully saturated rings. The number of hydrogen-bond donors (Lipinski definition) is 3. The van der Waals surface area contributed by atoms with Gasteiger partial charge in [-0.05, 0) is 37.2 Å². The van der Waals surface area contributed by atoms with Gasteiger partial charge in [-0.25, -0.2) is 0 Å². The number of hydrogen-bond acceptors (Lipinski definition) is 5. The Hall–Kier alpha value is -1.14. The summed E-state index contributed by atoms with van der Waals surface area (Å²) in [5, 5.41) is 24.4. The lowest BCUT2D eigenvalue weighted by Gasteiger charge is -2.34. The fourth-order valence-corrected chi connectivity index (χ4v) is 3.79. The summed E-state index contributed by atoms with van der Waals surface area (Å²) in [5.41, 5.74) is 0.682. The Morgan fingerprint density at radius 1 is 1.19 bits per heavy atom. The number of aliphatic hydroxyl groups is 2. The lowest BCUT2D eigenvalue weighted by Crippen LogP contribution is -2.45. The zero-order chi connectivity index (χ0) is 19.1. The molecule has 1 saturated heterocycles. The van der Waals surface area contributed by atoms with E-state index in [4.69, 9.17) is 9.47 Å². The van der Waals surface area contributed by atoms with Gasteiger partial charge in [-0.15, -0.1) is 0 Å². The highest BCUT2D eigenvalue weighted by Gasteiger charge is 2.29. The first-order valence-corrected chi connectivity index (χ1v) is 10.6. The summed E-state index contributed by atoms with van der Waals surface area (Å²) >= 11 is 0. The monoisotopic (exact) mass is 377 g/mol. The Labute approximate surface area is 163 Å². The zero-order valence-electron chi connectivity index (χ0n) is 16.5. The number of aliphatic hydroxyl groups excluding tert-OH is 2. The maximum Gasteiger partial charge on any atom is 0.185 e. The van der Waals surface area contributed by atoms with E-state index < -0.39 is 6.29 Å². The summed E-state index contributed by atoms with van der Waals surface area (Å²) < 4.78 is 11.9. The Morgan fingerprint density at radius 2 is 2.00 bits per heavy atom. The molecule has 0 bridgehead atoms. The molecule has 1 aromatic carbocycles. The minimum absolute atomic E-state index is 0.116. The second kappa shape index (κ2) is 10.4. The Kier molecular flexibility index (Phi) is 7.94. The topological polar surface area (TPSA) is 71.0 Å². The number of unbranched alkanes of at least 4 members (excludes halogenated alkanes) is 1. The number of ether oxygens (including phenoxy) is 2. The summed E-state index contributed by atoms with van der Waals surface area (Å²) in [6.07, 6.45) is 6.00. The van der Waals surface area contributed by atoms with Crippen molar-refractivity contribution in [3.05, 3.63) is 29.8 Å². The molecular formula is C22H35NO4. The number of piperidine rings is 1. The van der Waals surface area contributed by atoms with Gasteiger partial charge in [0.2, 0.25) is 0 Å². The van der Waals surface area contributed by atoms with Crippen molar-refractivity contribution >= 4 is 0 Å². The standard InChI is InChI=1S/C22H35NO4/c1-2-3-7-20(24)17-13-18(15-23-14-17)27-22(25)19-6-4-5-8-21(19)26-12-11-16-9-10-16/h4-6,8,16-18,20,22-25H,2-3,7,9-15H2,1H3/t17-,18?,20?,22?/m1/s1. The lowest BCUT2D eigenvalue weighted by atomic mass is 9.89. The van der Waals surface area contributed by atoms with Crippen LogP contribution in [0.4, 0.5) is 0 Å². The second-order valence-electron chi connectivity index (χ2n) is 8.09. The van der Waals surface area contributed by atoms with Gasteiger partial charge in [0.1, 0.15) is 5.75 Å². The summed E-state index contributed by atoms with van der Waals surface area (Å²) in [6.45, 7) is 4.32. The maximum atomic E-state index is 10.6. The Morgan fingerprint density at radius 3 is 2.78 bits per heavy atom. The van der Waals surface area contributed by atoms with Crippen LogP contribution in [0.25, 0.3) is 0 Å². The highest BCUT2D eigenvalue weighted by molar-refractivity contribution is 5.34. The minimum Gasteiger partial charge on any atom is -0.493 e. The third kappa shape index (κ3) is 6.46. The molecular weight excluding hydrogens is 342 g/mol. The third-order valence-electron chi connectivity index (χ3n) is 5.73. The average Bonchev–Trinajstić information content (AvgIpc) is 3.51. The van der Waals surface area contributed by atoms with Crippen LogP contribution >= 0.6 is 0 Å². The van der Waals surface area contributed by atoms with Crippen LogP contribution in [0.5, 0.6) is 5.75 Å². The van der Waals surface area contributed by atoms with Crippen LogP contribution in [0.3, 0.4) is 0 Å². The largest absolute Gasteiger partial charge is 0.493 e. The highest BCUT2D eigenvalue weighted by atomic mass is 16.6. The van der Waals surface area contributed by atoms with Crippen LogP contribution in [-0.2, 0) is 4.74 Å². The second-order valence-corrected chi connectivity index (χ2v) is 8.09. The normalized spacial score (nSPS) is 25.1. The van der Waals surface area contributed by atoms with E-state index >= 15 is 0 Å². The fourth-order valence-electron chi connectivity index (χ4n) is 3.79. The van der Waals surface area contributed by atoms with Crippen molar-refractivity contribution in [1.82, 2.24) is 5.32 Å². The van der Waals surface area contributed by atoms with E-state index in [1.54, 1.807) is 0 Å². The smallest absolute Gasteiger partial charge is 0.185 e. The fraction of sp³-hybridized carbons (Fsp3) is 0.727.